The molecule has 0 amide bonds. The van der Waals surface area contributed by atoms with Crippen LogP contribution in [0.4, 0.5) is 0 Å². The van der Waals surface area contributed by atoms with Crippen molar-refractivity contribution < 1.29 is 4.74 Å². The van der Waals surface area contributed by atoms with Crippen LogP contribution in [0.1, 0.15) is 51.9 Å². The predicted molar refractivity (Wildman–Crippen MR) is 55.7 cm³/mol. The van der Waals surface area contributed by atoms with Gasteiger partial charge in [-0.15, -0.1) is 0 Å². The first-order valence-electron chi connectivity index (χ1n) is 5.63. The molecule has 0 aliphatic carbocycles. The van der Waals surface area contributed by atoms with Crippen molar-refractivity contribution in [3.63, 3.8) is 0 Å². The predicted octanol–water partition coefficient (Wildman–Crippen LogP) is 2.46. The van der Waals surface area contributed by atoms with E-state index in [9.17, 15) is 0 Å². The van der Waals surface area contributed by atoms with Gasteiger partial charge in [-0.2, -0.15) is 0 Å². The Balaban J connectivity index is 2.10. The molecule has 0 saturated carbocycles. The second-order valence-corrected chi connectivity index (χ2v) is 4.29. The summed E-state index contributed by atoms with van der Waals surface area (Å²) in [6.07, 6.45) is 8.60. The molecule has 0 radical (unpaired) electrons. The van der Waals surface area contributed by atoms with Gasteiger partial charge in [-0.05, 0) is 19.3 Å². The van der Waals surface area contributed by atoms with Crippen molar-refractivity contribution in [3.05, 3.63) is 0 Å². The zero-order chi connectivity index (χ0) is 9.57. The monoisotopic (exact) mass is 185 g/mol. The smallest absolute Gasteiger partial charge is 0.0483 e. The average molecular weight is 185 g/mol. The summed E-state index contributed by atoms with van der Waals surface area (Å²) in [5.74, 6) is 0. The van der Waals surface area contributed by atoms with E-state index in [1.165, 1.54) is 32.1 Å². The van der Waals surface area contributed by atoms with Crippen molar-refractivity contribution >= 4 is 0 Å². The summed E-state index contributed by atoms with van der Waals surface area (Å²) in [5, 5.41) is 0. The Morgan fingerprint density at radius 1 is 1.15 bits per heavy atom. The lowest BCUT2D eigenvalue weighted by molar-refractivity contribution is 0.0493. The maximum atomic E-state index is 6.26. The quantitative estimate of drug-likeness (QED) is 0.668. The molecule has 0 aromatic carbocycles. The molecule has 1 heterocycles. The third kappa shape index (κ3) is 4.10. The molecule has 1 fully saturated rings. The van der Waals surface area contributed by atoms with E-state index in [2.05, 4.69) is 6.92 Å². The molecule has 1 aliphatic heterocycles. The minimum Gasteiger partial charge on any atom is -0.381 e. The lowest BCUT2D eigenvalue weighted by Gasteiger charge is -2.33. The molecule has 1 saturated heterocycles. The van der Waals surface area contributed by atoms with E-state index in [0.29, 0.717) is 0 Å². The number of rotatable bonds is 5. The van der Waals surface area contributed by atoms with Gasteiger partial charge in [-0.3, -0.25) is 0 Å². The van der Waals surface area contributed by atoms with Gasteiger partial charge in [-0.1, -0.05) is 32.6 Å². The number of hydrogen-bond donors (Lipinski definition) is 1. The van der Waals surface area contributed by atoms with Gasteiger partial charge in [0.1, 0.15) is 0 Å². The van der Waals surface area contributed by atoms with E-state index in [1.807, 2.05) is 0 Å². The third-order valence-corrected chi connectivity index (χ3v) is 3.02. The Labute approximate surface area is 81.8 Å². The molecule has 0 aromatic rings. The van der Waals surface area contributed by atoms with Crippen LogP contribution in [0, 0.1) is 0 Å². The number of hydrogen-bond acceptors (Lipinski definition) is 2. The van der Waals surface area contributed by atoms with Gasteiger partial charge in [0.15, 0.2) is 0 Å². The van der Waals surface area contributed by atoms with Gasteiger partial charge in [0.05, 0.1) is 0 Å². The molecule has 0 bridgehead atoms. The summed E-state index contributed by atoms with van der Waals surface area (Å²) in [6, 6.07) is 0. The highest BCUT2D eigenvalue weighted by atomic mass is 16.5. The highest BCUT2D eigenvalue weighted by molar-refractivity contribution is 4.85. The standard InChI is InChI=1S/C11H23NO/c1-2-3-4-5-6-11(12)7-9-13-10-8-11/h2-10,12H2,1H3. The van der Waals surface area contributed by atoms with Crippen LogP contribution in [0.3, 0.4) is 0 Å². The maximum Gasteiger partial charge on any atom is 0.0483 e. The summed E-state index contributed by atoms with van der Waals surface area (Å²) in [6.45, 7) is 3.97. The summed E-state index contributed by atoms with van der Waals surface area (Å²) in [7, 11) is 0. The summed E-state index contributed by atoms with van der Waals surface area (Å²) in [4.78, 5) is 0. The van der Waals surface area contributed by atoms with Crippen molar-refractivity contribution in [3.8, 4) is 0 Å². The van der Waals surface area contributed by atoms with E-state index in [-0.39, 0.29) is 5.54 Å². The second kappa shape index (κ2) is 5.61. The lowest BCUT2D eigenvalue weighted by Crippen LogP contribution is -2.44. The van der Waals surface area contributed by atoms with Crippen LogP contribution in [-0.2, 0) is 4.74 Å². The van der Waals surface area contributed by atoms with Crippen LogP contribution < -0.4 is 5.73 Å². The topological polar surface area (TPSA) is 35.2 Å². The first-order valence-corrected chi connectivity index (χ1v) is 5.63. The van der Waals surface area contributed by atoms with E-state index < -0.39 is 0 Å². The fourth-order valence-corrected chi connectivity index (χ4v) is 1.93. The molecule has 13 heavy (non-hydrogen) atoms. The molecule has 0 aromatic heterocycles. The molecule has 1 aliphatic rings. The van der Waals surface area contributed by atoms with Crippen molar-refractivity contribution in [2.24, 2.45) is 5.73 Å². The van der Waals surface area contributed by atoms with E-state index in [4.69, 9.17) is 10.5 Å². The van der Waals surface area contributed by atoms with Gasteiger partial charge >= 0.3 is 0 Å². The normalized spacial score (nSPS) is 21.7. The SMILES string of the molecule is CCCCCCC1(N)CCOCC1. The minimum absolute atomic E-state index is 0.103. The molecule has 78 valence electrons. The fraction of sp³-hybridized carbons (Fsp3) is 1.00. The first kappa shape index (κ1) is 11.0. The van der Waals surface area contributed by atoms with Crippen LogP contribution in [0.15, 0.2) is 0 Å². The third-order valence-electron chi connectivity index (χ3n) is 3.02. The Bertz CT molecular complexity index is 130. The molecular weight excluding hydrogens is 162 g/mol. The Hall–Kier alpha value is -0.0800. The molecule has 0 unspecified atom stereocenters. The van der Waals surface area contributed by atoms with Crippen molar-refractivity contribution in [2.75, 3.05) is 13.2 Å². The second-order valence-electron chi connectivity index (χ2n) is 4.29. The van der Waals surface area contributed by atoms with Crippen molar-refractivity contribution in [1.29, 1.82) is 0 Å². The Kier molecular flexibility index (Phi) is 4.74. The minimum atomic E-state index is 0.103. The molecule has 2 N–H and O–H groups in total. The van der Waals surface area contributed by atoms with Crippen LogP contribution in [-0.4, -0.2) is 18.8 Å². The molecule has 0 atom stereocenters. The van der Waals surface area contributed by atoms with Gasteiger partial charge in [0, 0.05) is 18.8 Å². The fourth-order valence-electron chi connectivity index (χ4n) is 1.93. The Morgan fingerprint density at radius 2 is 1.85 bits per heavy atom. The van der Waals surface area contributed by atoms with Gasteiger partial charge in [-0.25, -0.2) is 0 Å². The number of unbranched alkanes of at least 4 members (excludes halogenated alkanes) is 3. The highest BCUT2D eigenvalue weighted by Gasteiger charge is 2.26. The largest absolute Gasteiger partial charge is 0.381 e. The first-order chi connectivity index (χ1) is 6.27. The van der Waals surface area contributed by atoms with Crippen LogP contribution in [0.25, 0.3) is 0 Å². The summed E-state index contributed by atoms with van der Waals surface area (Å²) >= 11 is 0. The molecule has 0 spiro atoms. The van der Waals surface area contributed by atoms with Crippen LogP contribution in [0.5, 0.6) is 0 Å². The zero-order valence-corrected chi connectivity index (χ0v) is 8.85. The average Bonchev–Trinajstić information content (AvgIpc) is 2.14. The highest BCUT2D eigenvalue weighted by Crippen LogP contribution is 2.23. The lowest BCUT2D eigenvalue weighted by atomic mass is 9.86. The van der Waals surface area contributed by atoms with E-state index in [1.54, 1.807) is 0 Å². The Morgan fingerprint density at radius 3 is 2.46 bits per heavy atom. The summed E-state index contributed by atoms with van der Waals surface area (Å²) < 4.78 is 5.31. The molecule has 1 rings (SSSR count). The van der Waals surface area contributed by atoms with Crippen LogP contribution >= 0.6 is 0 Å². The van der Waals surface area contributed by atoms with Crippen molar-refractivity contribution in [2.45, 2.75) is 57.4 Å². The molecular formula is C11H23NO. The van der Waals surface area contributed by atoms with E-state index >= 15 is 0 Å². The summed E-state index contributed by atoms with van der Waals surface area (Å²) in [5.41, 5.74) is 6.36. The van der Waals surface area contributed by atoms with Crippen LogP contribution in [0.2, 0.25) is 0 Å². The number of nitrogens with two attached hydrogens (primary N) is 1. The zero-order valence-electron chi connectivity index (χ0n) is 8.85. The van der Waals surface area contributed by atoms with Crippen molar-refractivity contribution in [1.82, 2.24) is 0 Å². The maximum absolute atomic E-state index is 6.26. The van der Waals surface area contributed by atoms with E-state index in [0.717, 1.165) is 26.1 Å². The number of ether oxygens (including phenoxy) is 1. The molecule has 2 heteroatoms. The van der Waals surface area contributed by atoms with Gasteiger partial charge in [0.25, 0.3) is 0 Å². The van der Waals surface area contributed by atoms with Gasteiger partial charge in [0.2, 0.25) is 0 Å². The molecule has 2 nitrogen and oxygen atoms in total. The van der Waals surface area contributed by atoms with Gasteiger partial charge < -0.3 is 10.5 Å².